The molecule has 1 fully saturated rings. The lowest BCUT2D eigenvalue weighted by Gasteiger charge is -2.44. The molecular formula is C20H27N5O2. The van der Waals surface area contributed by atoms with Crippen LogP contribution in [0.1, 0.15) is 19.8 Å². The number of amides is 1. The standard InChI is InChI=1S/C20H27N5O2/c1-4-21-18(26)20(24(2)3)11-14-25(15-12-20)19-22-13-10-17(23-19)27-16-8-6-5-7-9-16/h5-10,13H,4,11-12,14-15H2,1-3H3,(H,21,26). The normalized spacial score (nSPS) is 16.2. The van der Waals surface area contributed by atoms with Crippen LogP contribution in [0.15, 0.2) is 42.6 Å². The summed E-state index contributed by atoms with van der Waals surface area (Å²) in [5.41, 5.74) is -0.481. The number of rotatable bonds is 6. The molecule has 2 heterocycles. The van der Waals surface area contributed by atoms with Crippen LogP contribution in [-0.2, 0) is 4.79 Å². The van der Waals surface area contributed by atoms with E-state index in [0.29, 0.717) is 31.5 Å². The zero-order valence-corrected chi connectivity index (χ0v) is 16.2. The molecule has 0 saturated carbocycles. The minimum atomic E-state index is -0.481. The average molecular weight is 369 g/mol. The molecule has 27 heavy (non-hydrogen) atoms. The van der Waals surface area contributed by atoms with Crippen molar-refractivity contribution >= 4 is 11.9 Å². The number of hydrogen-bond donors (Lipinski definition) is 1. The fourth-order valence-corrected chi connectivity index (χ4v) is 3.43. The topological polar surface area (TPSA) is 70.6 Å². The van der Waals surface area contributed by atoms with Crippen molar-refractivity contribution < 1.29 is 9.53 Å². The van der Waals surface area contributed by atoms with E-state index in [-0.39, 0.29) is 5.91 Å². The van der Waals surface area contributed by atoms with E-state index in [2.05, 4.69) is 20.2 Å². The van der Waals surface area contributed by atoms with E-state index in [1.165, 1.54) is 0 Å². The van der Waals surface area contributed by atoms with Crippen molar-refractivity contribution in [2.45, 2.75) is 25.3 Å². The highest BCUT2D eigenvalue weighted by atomic mass is 16.5. The number of nitrogens with zero attached hydrogens (tertiary/aromatic N) is 4. The number of anilines is 1. The molecule has 1 N–H and O–H groups in total. The third-order valence-electron chi connectivity index (χ3n) is 5.07. The van der Waals surface area contributed by atoms with Gasteiger partial charge in [-0.15, -0.1) is 0 Å². The number of carbonyl (C=O) groups is 1. The maximum atomic E-state index is 12.6. The number of likely N-dealkylation sites (N-methyl/N-ethyl adjacent to an activating group) is 2. The van der Waals surface area contributed by atoms with Gasteiger partial charge in [-0.2, -0.15) is 4.98 Å². The summed E-state index contributed by atoms with van der Waals surface area (Å²) < 4.78 is 5.81. The number of ether oxygens (including phenoxy) is 1. The van der Waals surface area contributed by atoms with Crippen molar-refractivity contribution in [1.29, 1.82) is 0 Å². The summed E-state index contributed by atoms with van der Waals surface area (Å²) >= 11 is 0. The van der Waals surface area contributed by atoms with Gasteiger partial charge in [0.25, 0.3) is 0 Å². The summed E-state index contributed by atoms with van der Waals surface area (Å²) in [7, 11) is 3.94. The van der Waals surface area contributed by atoms with Crippen molar-refractivity contribution in [3.8, 4) is 11.6 Å². The number of para-hydroxylation sites is 1. The van der Waals surface area contributed by atoms with Gasteiger partial charge in [0.15, 0.2) is 0 Å². The van der Waals surface area contributed by atoms with Gasteiger partial charge in [0, 0.05) is 31.9 Å². The summed E-state index contributed by atoms with van der Waals surface area (Å²) in [4.78, 5) is 25.7. The summed E-state index contributed by atoms with van der Waals surface area (Å²) in [5, 5.41) is 2.98. The molecule has 1 aliphatic heterocycles. The number of hydrogen-bond acceptors (Lipinski definition) is 6. The van der Waals surface area contributed by atoms with Crippen LogP contribution in [0.3, 0.4) is 0 Å². The van der Waals surface area contributed by atoms with Crippen molar-refractivity contribution in [2.75, 3.05) is 38.6 Å². The van der Waals surface area contributed by atoms with Crippen LogP contribution < -0.4 is 15.0 Å². The molecule has 0 radical (unpaired) electrons. The maximum absolute atomic E-state index is 12.6. The van der Waals surface area contributed by atoms with Crippen LogP contribution in [-0.4, -0.2) is 60.0 Å². The summed E-state index contributed by atoms with van der Waals surface area (Å²) in [6.07, 6.45) is 3.15. The second-order valence-corrected chi connectivity index (χ2v) is 6.88. The molecule has 2 aromatic rings. The average Bonchev–Trinajstić information content (AvgIpc) is 2.69. The number of benzene rings is 1. The molecule has 1 aromatic carbocycles. The Balaban J connectivity index is 1.70. The first kappa shape index (κ1) is 19.1. The van der Waals surface area contributed by atoms with Crippen molar-refractivity contribution in [3.05, 3.63) is 42.6 Å². The third-order valence-corrected chi connectivity index (χ3v) is 5.07. The fraction of sp³-hybridized carbons (Fsp3) is 0.450. The van der Waals surface area contributed by atoms with Gasteiger partial charge in [-0.3, -0.25) is 9.69 Å². The van der Waals surface area contributed by atoms with Gasteiger partial charge in [-0.1, -0.05) is 18.2 Å². The Morgan fingerprint density at radius 2 is 1.93 bits per heavy atom. The summed E-state index contributed by atoms with van der Waals surface area (Å²) in [6, 6.07) is 11.3. The Labute approximate surface area is 160 Å². The first-order valence-corrected chi connectivity index (χ1v) is 9.32. The Kier molecular flexibility index (Phi) is 5.91. The molecule has 0 aliphatic carbocycles. The molecule has 1 aliphatic rings. The van der Waals surface area contributed by atoms with Gasteiger partial charge in [-0.25, -0.2) is 4.98 Å². The molecule has 0 spiro atoms. The smallest absolute Gasteiger partial charge is 0.240 e. The van der Waals surface area contributed by atoms with E-state index >= 15 is 0 Å². The van der Waals surface area contributed by atoms with Crippen molar-refractivity contribution in [2.24, 2.45) is 0 Å². The van der Waals surface area contributed by atoms with Gasteiger partial charge in [-0.05, 0) is 46.0 Å². The van der Waals surface area contributed by atoms with Crippen LogP contribution in [0.25, 0.3) is 0 Å². The fourth-order valence-electron chi connectivity index (χ4n) is 3.43. The zero-order chi connectivity index (χ0) is 19.3. The number of piperidine rings is 1. The van der Waals surface area contributed by atoms with E-state index in [0.717, 1.165) is 18.6 Å². The summed E-state index contributed by atoms with van der Waals surface area (Å²) in [6.45, 7) is 4.01. The first-order valence-electron chi connectivity index (χ1n) is 9.32. The van der Waals surface area contributed by atoms with Gasteiger partial charge in [0.1, 0.15) is 11.3 Å². The highest BCUT2D eigenvalue weighted by Gasteiger charge is 2.43. The van der Waals surface area contributed by atoms with Crippen LogP contribution >= 0.6 is 0 Å². The molecule has 3 rings (SSSR count). The largest absolute Gasteiger partial charge is 0.439 e. The van der Waals surface area contributed by atoms with Crippen molar-refractivity contribution in [1.82, 2.24) is 20.2 Å². The monoisotopic (exact) mass is 369 g/mol. The van der Waals surface area contributed by atoms with Crippen LogP contribution in [0.4, 0.5) is 5.95 Å². The number of carbonyl (C=O) groups excluding carboxylic acids is 1. The zero-order valence-electron chi connectivity index (χ0n) is 16.2. The lowest BCUT2D eigenvalue weighted by atomic mass is 9.85. The molecule has 1 amide bonds. The van der Waals surface area contributed by atoms with Crippen LogP contribution in [0.2, 0.25) is 0 Å². The second kappa shape index (κ2) is 8.35. The minimum Gasteiger partial charge on any atom is -0.439 e. The predicted octanol–water partition coefficient (Wildman–Crippen LogP) is 2.31. The van der Waals surface area contributed by atoms with E-state index in [4.69, 9.17) is 4.74 Å². The lowest BCUT2D eigenvalue weighted by Crippen LogP contribution is -2.61. The van der Waals surface area contributed by atoms with Gasteiger partial charge >= 0.3 is 0 Å². The lowest BCUT2D eigenvalue weighted by molar-refractivity contribution is -0.133. The highest BCUT2D eigenvalue weighted by Crippen LogP contribution is 2.30. The van der Waals surface area contributed by atoms with Crippen LogP contribution in [0, 0.1) is 0 Å². The molecule has 7 heteroatoms. The molecular weight excluding hydrogens is 342 g/mol. The molecule has 144 valence electrons. The van der Waals surface area contributed by atoms with Crippen molar-refractivity contribution in [3.63, 3.8) is 0 Å². The van der Waals surface area contributed by atoms with E-state index in [1.807, 2.05) is 56.3 Å². The van der Waals surface area contributed by atoms with Gasteiger partial charge in [0.05, 0.1) is 0 Å². The molecule has 0 bridgehead atoms. The number of nitrogens with one attached hydrogen (secondary N) is 1. The second-order valence-electron chi connectivity index (χ2n) is 6.88. The van der Waals surface area contributed by atoms with E-state index in [1.54, 1.807) is 12.3 Å². The summed E-state index contributed by atoms with van der Waals surface area (Å²) in [5.74, 6) is 1.98. The Morgan fingerprint density at radius 3 is 2.56 bits per heavy atom. The molecule has 7 nitrogen and oxygen atoms in total. The Hall–Kier alpha value is -2.67. The SMILES string of the molecule is CCNC(=O)C1(N(C)C)CCN(c2nccc(Oc3ccccc3)n2)CC1. The Morgan fingerprint density at radius 1 is 1.22 bits per heavy atom. The van der Waals surface area contributed by atoms with Crippen LogP contribution in [0.5, 0.6) is 11.6 Å². The molecule has 0 unspecified atom stereocenters. The third kappa shape index (κ3) is 4.19. The quantitative estimate of drug-likeness (QED) is 0.843. The molecule has 0 atom stereocenters. The minimum absolute atomic E-state index is 0.0942. The van der Waals surface area contributed by atoms with E-state index < -0.39 is 5.54 Å². The van der Waals surface area contributed by atoms with E-state index in [9.17, 15) is 4.79 Å². The first-order chi connectivity index (χ1) is 13.0. The van der Waals surface area contributed by atoms with Gasteiger partial charge in [0.2, 0.25) is 17.7 Å². The molecule has 1 aromatic heterocycles. The highest BCUT2D eigenvalue weighted by molar-refractivity contribution is 5.86. The maximum Gasteiger partial charge on any atom is 0.240 e. The molecule has 1 saturated heterocycles. The Bertz CT molecular complexity index is 758. The predicted molar refractivity (Wildman–Crippen MR) is 105 cm³/mol. The van der Waals surface area contributed by atoms with Gasteiger partial charge < -0.3 is 15.0 Å². The number of aromatic nitrogens is 2.